The third-order valence-corrected chi connectivity index (χ3v) is 6.35. The number of carbonyl (C=O) groups is 5. The minimum Gasteiger partial charge on any atom is -0.465 e. The van der Waals surface area contributed by atoms with Crippen molar-refractivity contribution in [2.75, 3.05) is 19.6 Å². The fourth-order valence-corrected chi connectivity index (χ4v) is 4.42. The van der Waals surface area contributed by atoms with E-state index < -0.39 is 59.2 Å². The lowest BCUT2D eigenvalue weighted by molar-refractivity contribution is -0.122. The van der Waals surface area contributed by atoms with Crippen LogP contribution in [0.15, 0.2) is 30.3 Å². The Morgan fingerprint density at radius 2 is 1.19 bits per heavy atom. The average Bonchev–Trinajstić information content (AvgIpc) is 2.91. The van der Waals surface area contributed by atoms with Gasteiger partial charge in [0.15, 0.2) is 0 Å². The molecule has 0 fully saturated rings. The van der Waals surface area contributed by atoms with Gasteiger partial charge in [-0.3, -0.25) is 4.79 Å². The van der Waals surface area contributed by atoms with E-state index in [0.717, 1.165) is 5.56 Å². The number of nitrogens with zero attached hydrogens (tertiary/aromatic N) is 1. The lowest BCUT2D eigenvalue weighted by atomic mass is 10.0. The van der Waals surface area contributed by atoms with Crippen molar-refractivity contribution in [2.24, 2.45) is 0 Å². The van der Waals surface area contributed by atoms with E-state index in [2.05, 4.69) is 21.3 Å². The number of carbonyl (C=O) groups excluding carboxylic acids is 4. The highest BCUT2D eigenvalue weighted by Gasteiger charge is 2.27. The Kier molecular flexibility index (Phi) is 17.0. The lowest BCUT2D eigenvalue weighted by Crippen LogP contribution is -2.47. The summed E-state index contributed by atoms with van der Waals surface area (Å²) in [4.78, 5) is 63.5. The van der Waals surface area contributed by atoms with E-state index in [0.29, 0.717) is 19.3 Å². The number of ether oxygens (including phenoxy) is 3. The molecule has 1 aromatic carbocycles. The highest BCUT2D eigenvalue weighted by Crippen LogP contribution is 2.17. The minimum absolute atomic E-state index is 0.0448. The summed E-state index contributed by atoms with van der Waals surface area (Å²) in [7, 11) is 0. The van der Waals surface area contributed by atoms with E-state index in [1.165, 1.54) is 4.90 Å². The number of alkyl carbamates (subject to hydrolysis) is 3. The number of rotatable bonds is 16. The molecule has 0 saturated carbocycles. The molecule has 0 radical (unpaired) electrons. The smallest absolute Gasteiger partial charge is 0.407 e. The first kappa shape index (κ1) is 41.8. The first-order chi connectivity index (χ1) is 22.1. The Morgan fingerprint density at radius 1 is 0.708 bits per heavy atom. The van der Waals surface area contributed by atoms with Gasteiger partial charge in [0.2, 0.25) is 5.91 Å². The molecule has 14 heteroatoms. The standard InChI is InChI=1S/C34H57N5O9/c1-32(2,3)46-28(41)35-19-13-17-25(38-30(43)48-34(7,8)9)22-37-27(40)21-26(18-14-20-36-29(42)47-33(4,5)6)39(31(44)45)23-24-15-11-10-12-16-24/h10-12,15-16,25-26H,13-14,17-23H2,1-9H3,(H,35,41)(H,36,42)(H,37,40)(H,38,43)(H,44,45)/t25-,26-/m0/s1. The average molecular weight is 680 g/mol. The Morgan fingerprint density at radius 3 is 1.67 bits per heavy atom. The topological polar surface area (TPSA) is 185 Å². The first-order valence-corrected chi connectivity index (χ1v) is 16.4. The molecule has 0 aliphatic carbocycles. The summed E-state index contributed by atoms with van der Waals surface area (Å²) in [6.45, 7) is 16.4. The predicted octanol–water partition coefficient (Wildman–Crippen LogP) is 5.54. The monoisotopic (exact) mass is 679 g/mol. The zero-order chi connectivity index (χ0) is 36.5. The quantitative estimate of drug-likeness (QED) is 0.110. The zero-order valence-corrected chi connectivity index (χ0v) is 30.1. The Bertz CT molecular complexity index is 1170. The summed E-state index contributed by atoms with van der Waals surface area (Å²) >= 11 is 0. The summed E-state index contributed by atoms with van der Waals surface area (Å²) in [5, 5.41) is 21.1. The molecule has 0 aliphatic rings. The van der Waals surface area contributed by atoms with Crippen LogP contribution in [0.4, 0.5) is 19.2 Å². The van der Waals surface area contributed by atoms with Gasteiger partial charge in [0.25, 0.3) is 0 Å². The van der Waals surface area contributed by atoms with Crippen molar-refractivity contribution >= 4 is 30.3 Å². The van der Waals surface area contributed by atoms with E-state index in [-0.39, 0.29) is 39.0 Å². The molecular weight excluding hydrogens is 622 g/mol. The van der Waals surface area contributed by atoms with Crippen LogP contribution in [0.2, 0.25) is 0 Å². The molecule has 0 saturated heterocycles. The van der Waals surface area contributed by atoms with Crippen molar-refractivity contribution in [3.63, 3.8) is 0 Å². The van der Waals surface area contributed by atoms with Gasteiger partial charge in [0.05, 0.1) is 0 Å². The molecule has 0 aliphatic heterocycles. The molecule has 1 aromatic rings. The Hall–Kier alpha value is -4.23. The van der Waals surface area contributed by atoms with Gasteiger partial charge >= 0.3 is 24.4 Å². The van der Waals surface area contributed by atoms with Gasteiger partial charge in [-0.2, -0.15) is 0 Å². The summed E-state index contributed by atoms with van der Waals surface area (Å²) in [6.07, 6.45) is -1.58. The molecule has 14 nitrogen and oxygen atoms in total. The van der Waals surface area contributed by atoms with Crippen LogP contribution in [0, 0.1) is 0 Å². The van der Waals surface area contributed by atoms with E-state index in [4.69, 9.17) is 14.2 Å². The van der Waals surface area contributed by atoms with Crippen LogP contribution in [-0.2, 0) is 25.5 Å². The number of benzene rings is 1. The second-order valence-corrected chi connectivity index (χ2v) is 14.5. The Labute approximate surface area is 285 Å². The SMILES string of the molecule is CC(C)(C)OC(=O)NCCC[C@@H](CNC(=O)C[C@H](CCCNC(=O)OC(C)(C)C)N(Cc1ccccc1)C(=O)O)NC(=O)OC(C)(C)C. The van der Waals surface area contributed by atoms with E-state index in [1.807, 2.05) is 30.3 Å². The fourth-order valence-electron chi connectivity index (χ4n) is 4.42. The summed E-state index contributed by atoms with van der Waals surface area (Å²) in [5.74, 6) is -0.415. The van der Waals surface area contributed by atoms with Gasteiger partial charge in [-0.25, -0.2) is 19.2 Å². The number of amides is 5. The summed E-state index contributed by atoms with van der Waals surface area (Å²) in [6, 6.07) is 7.81. The summed E-state index contributed by atoms with van der Waals surface area (Å²) < 4.78 is 15.9. The van der Waals surface area contributed by atoms with E-state index >= 15 is 0 Å². The van der Waals surface area contributed by atoms with Crippen LogP contribution in [0.25, 0.3) is 0 Å². The summed E-state index contributed by atoms with van der Waals surface area (Å²) in [5.41, 5.74) is -1.27. The van der Waals surface area contributed by atoms with E-state index in [9.17, 15) is 29.1 Å². The van der Waals surface area contributed by atoms with Crippen LogP contribution >= 0.6 is 0 Å². The van der Waals surface area contributed by atoms with Gasteiger partial charge < -0.3 is 45.5 Å². The largest absolute Gasteiger partial charge is 0.465 e. The van der Waals surface area contributed by atoms with Crippen LogP contribution in [0.5, 0.6) is 0 Å². The van der Waals surface area contributed by atoms with Crippen LogP contribution in [-0.4, -0.2) is 88.8 Å². The van der Waals surface area contributed by atoms with Gasteiger partial charge in [0, 0.05) is 44.7 Å². The van der Waals surface area contributed by atoms with Crippen LogP contribution in [0.3, 0.4) is 0 Å². The molecule has 0 aromatic heterocycles. The number of hydrogen-bond donors (Lipinski definition) is 5. The third-order valence-electron chi connectivity index (χ3n) is 6.35. The molecule has 0 heterocycles. The molecule has 5 N–H and O–H groups in total. The maximum absolute atomic E-state index is 13.3. The number of hydrogen-bond acceptors (Lipinski definition) is 8. The van der Waals surface area contributed by atoms with E-state index in [1.54, 1.807) is 62.3 Å². The minimum atomic E-state index is -1.18. The van der Waals surface area contributed by atoms with Crippen LogP contribution in [0.1, 0.15) is 100.0 Å². The van der Waals surface area contributed by atoms with Gasteiger partial charge in [-0.05, 0) is 93.6 Å². The molecule has 0 spiro atoms. The normalized spacial score (nSPS) is 12.9. The first-order valence-electron chi connectivity index (χ1n) is 16.4. The molecule has 5 amide bonds. The highest BCUT2D eigenvalue weighted by molar-refractivity contribution is 5.77. The molecule has 48 heavy (non-hydrogen) atoms. The van der Waals surface area contributed by atoms with Crippen molar-refractivity contribution in [1.29, 1.82) is 0 Å². The Balaban J connectivity index is 2.95. The van der Waals surface area contributed by atoms with Gasteiger partial charge in [-0.1, -0.05) is 30.3 Å². The van der Waals surface area contributed by atoms with Crippen molar-refractivity contribution in [3.05, 3.63) is 35.9 Å². The van der Waals surface area contributed by atoms with Crippen molar-refractivity contribution in [2.45, 2.75) is 130 Å². The molecule has 272 valence electrons. The highest BCUT2D eigenvalue weighted by atomic mass is 16.6. The molecule has 1 rings (SSSR count). The zero-order valence-electron chi connectivity index (χ0n) is 30.1. The van der Waals surface area contributed by atoms with Crippen molar-refractivity contribution < 1.29 is 43.3 Å². The molecule has 0 unspecified atom stereocenters. The second-order valence-electron chi connectivity index (χ2n) is 14.5. The second kappa shape index (κ2) is 19.6. The van der Waals surface area contributed by atoms with Crippen LogP contribution < -0.4 is 21.3 Å². The third kappa shape index (κ3) is 20.8. The number of carboxylic acid groups (broad SMARTS) is 1. The maximum Gasteiger partial charge on any atom is 0.407 e. The fraction of sp³-hybridized carbons (Fsp3) is 0.676. The number of nitrogens with one attached hydrogen (secondary N) is 4. The molecule has 2 atom stereocenters. The lowest BCUT2D eigenvalue weighted by Gasteiger charge is -2.30. The maximum atomic E-state index is 13.3. The molecule has 0 bridgehead atoms. The van der Waals surface area contributed by atoms with Gasteiger partial charge in [-0.15, -0.1) is 0 Å². The van der Waals surface area contributed by atoms with Crippen molar-refractivity contribution in [1.82, 2.24) is 26.2 Å². The molecular formula is C34H57N5O9. The van der Waals surface area contributed by atoms with Crippen molar-refractivity contribution in [3.8, 4) is 0 Å². The predicted molar refractivity (Wildman–Crippen MR) is 182 cm³/mol. The van der Waals surface area contributed by atoms with Gasteiger partial charge in [0.1, 0.15) is 16.8 Å².